The van der Waals surface area contributed by atoms with Crippen molar-refractivity contribution in [2.24, 2.45) is 0 Å². The number of ketones is 1. The van der Waals surface area contributed by atoms with E-state index < -0.39 is 12.2 Å². The number of benzene rings is 1. The highest BCUT2D eigenvalue weighted by Gasteiger charge is 2.20. The smallest absolute Gasteiger partial charge is 0.265 e. The molecule has 1 rings (SSSR count). The molecule has 1 aromatic carbocycles. The molecular formula is C10H9BrF2O2. The summed E-state index contributed by atoms with van der Waals surface area (Å²) in [5.41, 5.74) is -0.306. The molecule has 0 aliphatic carbocycles. The van der Waals surface area contributed by atoms with Crippen molar-refractivity contribution in [1.82, 2.24) is 0 Å². The SMILES string of the molecule is COc1cc(Br)c(C(F)F)c(C(C)=O)c1. The highest BCUT2D eigenvalue weighted by Crippen LogP contribution is 2.34. The molecule has 0 saturated carbocycles. The van der Waals surface area contributed by atoms with E-state index in [1.807, 2.05) is 0 Å². The predicted octanol–water partition coefficient (Wildman–Crippen LogP) is 3.60. The van der Waals surface area contributed by atoms with Gasteiger partial charge in [0, 0.05) is 15.6 Å². The van der Waals surface area contributed by atoms with Crippen LogP contribution in [-0.2, 0) is 0 Å². The molecule has 0 aliphatic rings. The summed E-state index contributed by atoms with van der Waals surface area (Å²) < 4.78 is 30.4. The fourth-order valence-corrected chi connectivity index (χ4v) is 1.84. The summed E-state index contributed by atoms with van der Waals surface area (Å²) in [6.45, 7) is 1.24. The number of ether oxygens (including phenoxy) is 1. The van der Waals surface area contributed by atoms with Gasteiger partial charge in [0.1, 0.15) is 5.75 Å². The van der Waals surface area contributed by atoms with E-state index in [1.54, 1.807) is 0 Å². The third-order valence-electron chi connectivity index (χ3n) is 1.94. The van der Waals surface area contributed by atoms with Gasteiger partial charge in [-0.25, -0.2) is 8.78 Å². The summed E-state index contributed by atoms with van der Waals surface area (Å²) in [5, 5.41) is 0. The summed E-state index contributed by atoms with van der Waals surface area (Å²) in [5.74, 6) is -0.0404. The Hall–Kier alpha value is -0.970. The second-order valence-electron chi connectivity index (χ2n) is 2.93. The van der Waals surface area contributed by atoms with E-state index in [0.29, 0.717) is 5.75 Å². The fraction of sp³-hybridized carbons (Fsp3) is 0.300. The predicted molar refractivity (Wildman–Crippen MR) is 55.7 cm³/mol. The highest BCUT2D eigenvalue weighted by molar-refractivity contribution is 9.10. The molecule has 5 heteroatoms. The van der Waals surface area contributed by atoms with Crippen LogP contribution < -0.4 is 4.74 Å². The second kappa shape index (κ2) is 4.70. The Morgan fingerprint density at radius 3 is 2.47 bits per heavy atom. The first kappa shape index (κ1) is 12.1. The summed E-state index contributed by atoms with van der Waals surface area (Å²) in [7, 11) is 1.41. The molecule has 82 valence electrons. The fourth-order valence-electron chi connectivity index (χ4n) is 1.22. The van der Waals surface area contributed by atoms with Gasteiger partial charge in [-0.15, -0.1) is 0 Å². The van der Waals surface area contributed by atoms with Gasteiger partial charge in [-0.3, -0.25) is 4.79 Å². The van der Waals surface area contributed by atoms with Crippen molar-refractivity contribution in [3.8, 4) is 5.75 Å². The van der Waals surface area contributed by atoms with Crippen LogP contribution in [0.1, 0.15) is 29.3 Å². The molecule has 0 unspecified atom stereocenters. The van der Waals surface area contributed by atoms with E-state index in [9.17, 15) is 13.6 Å². The minimum atomic E-state index is -2.69. The van der Waals surface area contributed by atoms with Crippen LogP contribution in [0.5, 0.6) is 5.75 Å². The van der Waals surface area contributed by atoms with Crippen molar-refractivity contribution in [2.75, 3.05) is 7.11 Å². The molecule has 0 radical (unpaired) electrons. The van der Waals surface area contributed by atoms with Crippen molar-refractivity contribution in [2.45, 2.75) is 13.3 Å². The Kier molecular flexibility index (Phi) is 3.79. The minimum absolute atomic E-state index is 0.0174. The first-order valence-corrected chi connectivity index (χ1v) is 4.93. The molecule has 0 heterocycles. The van der Waals surface area contributed by atoms with Gasteiger partial charge >= 0.3 is 0 Å². The first-order valence-electron chi connectivity index (χ1n) is 4.14. The lowest BCUT2D eigenvalue weighted by Gasteiger charge is -2.10. The Morgan fingerprint density at radius 2 is 2.07 bits per heavy atom. The third kappa shape index (κ3) is 2.53. The zero-order valence-corrected chi connectivity index (χ0v) is 9.77. The standard InChI is InChI=1S/C10H9BrF2O2/c1-5(14)7-3-6(15-2)4-8(11)9(7)10(12)13/h3-4,10H,1-2H3. The molecule has 2 nitrogen and oxygen atoms in total. The van der Waals surface area contributed by atoms with Gasteiger partial charge in [0.15, 0.2) is 5.78 Å². The number of hydrogen-bond donors (Lipinski definition) is 0. The van der Waals surface area contributed by atoms with E-state index in [0.717, 1.165) is 0 Å². The molecule has 0 N–H and O–H groups in total. The van der Waals surface area contributed by atoms with Crippen molar-refractivity contribution in [1.29, 1.82) is 0 Å². The lowest BCUT2D eigenvalue weighted by atomic mass is 10.0. The molecule has 0 aliphatic heterocycles. The van der Waals surface area contributed by atoms with Gasteiger partial charge in [0.05, 0.1) is 7.11 Å². The van der Waals surface area contributed by atoms with Gasteiger partial charge in [0.2, 0.25) is 0 Å². The molecule has 0 amide bonds. The normalized spacial score (nSPS) is 10.5. The van der Waals surface area contributed by atoms with Crippen LogP contribution >= 0.6 is 15.9 Å². The number of rotatable bonds is 3. The monoisotopic (exact) mass is 278 g/mol. The summed E-state index contributed by atoms with van der Waals surface area (Å²) in [6, 6.07) is 2.72. The molecular weight excluding hydrogens is 270 g/mol. The van der Waals surface area contributed by atoms with Crippen LogP contribution in [0.25, 0.3) is 0 Å². The van der Waals surface area contributed by atoms with Gasteiger partial charge < -0.3 is 4.74 Å². The van der Waals surface area contributed by atoms with Crippen molar-refractivity contribution in [3.05, 3.63) is 27.7 Å². The summed E-state index contributed by atoms with van der Waals surface area (Å²) in [6.07, 6.45) is -2.69. The Labute approximate surface area is 94.4 Å². The van der Waals surface area contributed by atoms with Gasteiger partial charge in [-0.2, -0.15) is 0 Å². The number of hydrogen-bond acceptors (Lipinski definition) is 2. The molecule has 0 atom stereocenters. The van der Waals surface area contributed by atoms with Crippen LogP contribution in [0, 0.1) is 0 Å². The maximum Gasteiger partial charge on any atom is 0.265 e. The number of methoxy groups -OCH3 is 1. The van der Waals surface area contributed by atoms with E-state index in [1.165, 1.54) is 26.2 Å². The molecule has 0 saturated heterocycles. The Morgan fingerprint density at radius 1 is 1.47 bits per heavy atom. The number of carbonyl (C=O) groups is 1. The zero-order chi connectivity index (χ0) is 11.6. The minimum Gasteiger partial charge on any atom is -0.497 e. The highest BCUT2D eigenvalue weighted by atomic mass is 79.9. The van der Waals surface area contributed by atoms with Gasteiger partial charge in [0.25, 0.3) is 6.43 Å². The second-order valence-corrected chi connectivity index (χ2v) is 3.78. The Balaban J connectivity index is 3.42. The van der Waals surface area contributed by atoms with Crippen LogP contribution in [0.4, 0.5) is 8.78 Å². The lowest BCUT2D eigenvalue weighted by Crippen LogP contribution is -2.02. The van der Waals surface area contributed by atoms with Gasteiger partial charge in [-0.05, 0) is 19.1 Å². The average Bonchev–Trinajstić information content (AvgIpc) is 2.15. The maximum absolute atomic E-state index is 12.7. The van der Waals surface area contributed by atoms with Crippen molar-refractivity contribution < 1.29 is 18.3 Å². The first-order chi connectivity index (χ1) is 6.97. The lowest BCUT2D eigenvalue weighted by molar-refractivity contribution is 0.0998. The molecule has 15 heavy (non-hydrogen) atoms. The van der Waals surface area contributed by atoms with Crippen LogP contribution in [0.3, 0.4) is 0 Å². The molecule has 0 spiro atoms. The van der Waals surface area contributed by atoms with Gasteiger partial charge in [-0.1, -0.05) is 15.9 Å². The van der Waals surface area contributed by atoms with Crippen LogP contribution in [0.15, 0.2) is 16.6 Å². The topological polar surface area (TPSA) is 26.3 Å². The van der Waals surface area contributed by atoms with E-state index in [-0.39, 0.29) is 15.6 Å². The van der Waals surface area contributed by atoms with E-state index >= 15 is 0 Å². The zero-order valence-electron chi connectivity index (χ0n) is 8.18. The van der Waals surface area contributed by atoms with E-state index in [4.69, 9.17) is 4.74 Å². The summed E-state index contributed by atoms with van der Waals surface area (Å²) in [4.78, 5) is 11.2. The quantitative estimate of drug-likeness (QED) is 0.790. The summed E-state index contributed by atoms with van der Waals surface area (Å²) >= 11 is 3.00. The molecule has 0 fully saturated rings. The average molecular weight is 279 g/mol. The molecule has 0 aromatic heterocycles. The third-order valence-corrected chi connectivity index (χ3v) is 2.59. The molecule has 0 bridgehead atoms. The van der Waals surface area contributed by atoms with Crippen LogP contribution in [-0.4, -0.2) is 12.9 Å². The number of carbonyl (C=O) groups excluding carboxylic acids is 1. The van der Waals surface area contributed by atoms with Crippen molar-refractivity contribution >= 4 is 21.7 Å². The Bertz CT molecular complexity index is 391. The largest absolute Gasteiger partial charge is 0.497 e. The molecule has 1 aromatic rings. The van der Waals surface area contributed by atoms with Crippen LogP contribution in [0.2, 0.25) is 0 Å². The van der Waals surface area contributed by atoms with Crippen molar-refractivity contribution in [3.63, 3.8) is 0 Å². The number of halogens is 3. The van der Waals surface area contributed by atoms with E-state index in [2.05, 4.69) is 15.9 Å². The maximum atomic E-state index is 12.7. The number of alkyl halides is 2. The number of Topliss-reactive ketones (excluding diaryl/α,β-unsaturated/α-hetero) is 1.